The van der Waals surface area contributed by atoms with Gasteiger partial charge in [0.1, 0.15) is 5.75 Å². The lowest BCUT2D eigenvalue weighted by Crippen LogP contribution is -2.40. The van der Waals surface area contributed by atoms with Gasteiger partial charge in [0.15, 0.2) is 0 Å². The minimum Gasteiger partial charge on any atom is -0.491 e. The topological polar surface area (TPSA) is 21.7 Å². The Morgan fingerprint density at radius 2 is 1.89 bits per heavy atom. The van der Waals surface area contributed by atoms with E-state index in [2.05, 4.69) is 17.0 Å². The number of ether oxygens (including phenoxy) is 2. The Balaban J connectivity index is 1.89. The molecule has 0 saturated carbocycles. The molecule has 0 N–H and O–H groups in total. The van der Waals surface area contributed by atoms with Crippen molar-refractivity contribution in [1.29, 1.82) is 0 Å². The maximum Gasteiger partial charge on any atom is 0.119 e. The first-order valence-corrected chi connectivity index (χ1v) is 7.17. The Morgan fingerprint density at radius 3 is 2.47 bits per heavy atom. The molecule has 1 aromatic carbocycles. The van der Waals surface area contributed by atoms with Crippen molar-refractivity contribution < 1.29 is 9.47 Å². The van der Waals surface area contributed by atoms with Gasteiger partial charge >= 0.3 is 0 Å². The molecule has 3 nitrogen and oxygen atoms in total. The molecule has 19 heavy (non-hydrogen) atoms. The number of hydrogen-bond acceptors (Lipinski definition) is 3. The van der Waals surface area contributed by atoms with E-state index in [4.69, 9.17) is 21.7 Å². The van der Waals surface area contributed by atoms with Crippen molar-refractivity contribution in [3.05, 3.63) is 29.8 Å². The summed E-state index contributed by atoms with van der Waals surface area (Å²) in [4.78, 5) is 3.23. The first-order chi connectivity index (χ1) is 9.15. The van der Waals surface area contributed by atoms with Crippen LogP contribution in [0.1, 0.15) is 19.4 Å². The zero-order valence-electron chi connectivity index (χ0n) is 11.6. The van der Waals surface area contributed by atoms with Crippen molar-refractivity contribution in [2.75, 3.05) is 26.3 Å². The van der Waals surface area contributed by atoms with Gasteiger partial charge in [-0.15, -0.1) is 0 Å². The smallest absolute Gasteiger partial charge is 0.119 e. The minimum atomic E-state index is 0.209. The van der Waals surface area contributed by atoms with Gasteiger partial charge in [-0.25, -0.2) is 0 Å². The van der Waals surface area contributed by atoms with Gasteiger partial charge in [0.05, 0.1) is 24.3 Å². The van der Waals surface area contributed by atoms with Gasteiger partial charge in [-0.3, -0.25) is 0 Å². The standard InChI is InChI=1S/C15H21NO2S/c1-12(2)18-14-5-3-13(4-6-14)11-15(19)16-7-9-17-10-8-16/h3-6,12H,7-11H2,1-2H3. The maximum absolute atomic E-state index is 5.63. The Morgan fingerprint density at radius 1 is 1.26 bits per heavy atom. The van der Waals surface area contributed by atoms with Crippen LogP contribution in [0, 0.1) is 0 Å². The van der Waals surface area contributed by atoms with E-state index in [9.17, 15) is 0 Å². The molecule has 104 valence electrons. The van der Waals surface area contributed by atoms with Crippen molar-refractivity contribution >= 4 is 17.2 Å². The van der Waals surface area contributed by atoms with Crippen LogP contribution in [0.15, 0.2) is 24.3 Å². The van der Waals surface area contributed by atoms with Crippen LogP contribution in [-0.4, -0.2) is 42.3 Å². The lowest BCUT2D eigenvalue weighted by atomic mass is 10.1. The van der Waals surface area contributed by atoms with Gasteiger partial charge in [0.25, 0.3) is 0 Å². The van der Waals surface area contributed by atoms with Gasteiger partial charge in [-0.2, -0.15) is 0 Å². The molecule has 1 aliphatic rings. The molecule has 0 spiro atoms. The zero-order chi connectivity index (χ0) is 13.7. The van der Waals surface area contributed by atoms with Crippen LogP contribution in [0.5, 0.6) is 5.75 Å². The number of rotatable bonds is 4. The van der Waals surface area contributed by atoms with Crippen molar-refractivity contribution in [2.45, 2.75) is 26.4 Å². The summed E-state index contributed by atoms with van der Waals surface area (Å²) in [7, 11) is 0. The molecule has 0 unspecified atom stereocenters. The molecule has 1 saturated heterocycles. The first kappa shape index (κ1) is 14.3. The monoisotopic (exact) mass is 279 g/mol. The van der Waals surface area contributed by atoms with Gasteiger partial charge in [0.2, 0.25) is 0 Å². The minimum absolute atomic E-state index is 0.209. The third kappa shape index (κ3) is 4.48. The van der Waals surface area contributed by atoms with Crippen molar-refractivity contribution in [3.63, 3.8) is 0 Å². The number of hydrogen-bond donors (Lipinski definition) is 0. The summed E-state index contributed by atoms with van der Waals surface area (Å²) in [6.45, 7) is 7.44. The highest BCUT2D eigenvalue weighted by Crippen LogP contribution is 2.15. The van der Waals surface area contributed by atoms with E-state index in [-0.39, 0.29) is 6.10 Å². The number of morpholine rings is 1. The van der Waals surface area contributed by atoms with Crippen molar-refractivity contribution in [2.24, 2.45) is 0 Å². The third-order valence-electron chi connectivity index (χ3n) is 3.01. The first-order valence-electron chi connectivity index (χ1n) is 6.76. The molecular formula is C15H21NO2S. The predicted molar refractivity (Wildman–Crippen MR) is 80.9 cm³/mol. The Bertz CT molecular complexity index is 411. The third-order valence-corrected chi connectivity index (χ3v) is 3.42. The number of thiocarbonyl (C=S) groups is 1. The molecular weight excluding hydrogens is 258 g/mol. The van der Waals surface area contributed by atoms with Gasteiger partial charge in [-0.1, -0.05) is 24.4 Å². The Hall–Kier alpha value is -1.13. The molecule has 0 atom stereocenters. The largest absolute Gasteiger partial charge is 0.491 e. The van der Waals surface area contributed by atoms with E-state index in [1.54, 1.807) is 0 Å². The van der Waals surface area contributed by atoms with E-state index in [1.807, 2.05) is 26.0 Å². The van der Waals surface area contributed by atoms with E-state index in [0.29, 0.717) is 0 Å². The lowest BCUT2D eigenvalue weighted by molar-refractivity contribution is 0.0685. The van der Waals surface area contributed by atoms with Crippen LogP contribution in [0.3, 0.4) is 0 Å². The second-order valence-electron chi connectivity index (χ2n) is 4.98. The summed E-state index contributed by atoms with van der Waals surface area (Å²) in [5.41, 5.74) is 1.23. The molecule has 0 radical (unpaired) electrons. The molecule has 1 aromatic rings. The fourth-order valence-electron chi connectivity index (χ4n) is 2.06. The second kappa shape index (κ2) is 6.87. The molecule has 0 aliphatic carbocycles. The van der Waals surface area contributed by atoms with Crippen molar-refractivity contribution in [1.82, 2.24) is 4.90 Å². The molecule has 0 bridgehead atoms. The Kier molecular flexibility index (Phi) is 5.16. The van der Waals surface area contributed by atoms with Crippen LogP contribution in [0.25, 0.3) is 0 Å². The molecule has 0 amide bonds. The molecule has 0 aromatic heterocycles. The highest BCUT2D eigenvalue weighted by molar-refractivity contribution is 7.80. The SMILES string of the molecule is CC(C)Oc1ccc(CC(=S)N2CCOCC2)cc1. The van der Waals surface area contributed by atoms with E-state index < -0.39 is 0 Å². The fraction of sp³-hybridized carbons (Fsp3) is 0.533. The second-order valence-corrected chi connectivity index (χ2v) is 5.45. The van der Waals surface area contributed by atoms with Crippen LogP contribution in [0.4, 0.5) is 0 Å². The summed E-state index contributed by atoms with van der Waals surface area (Å²) in [6, 6.07) is 8.20. The quantitative estimate of drug-likeness (QED) is 0.790. The Labute approximate surface area is 120 Å². The van der Waals surface area contributed by atoms with Crippen LogP contribution in [-0.2, 0) is 11.2 Å². The number of nitrogens with zero attached hydrogens (tertiary/aromatic N) is 1. The van der Waals surface area contributed by atoms with Crippen LogP contribution in [0.2, 0.25) is 0 Å². The zero-order valence-corrected chi connectivity index (χ0v) is 12.4. The predicted octanol–water partition coefficient (Wildman–Crippen LogP) is 2.68. The van der Waals surface area contributed by atoms with Gasteiger partial charge in [0, 0.05) is 19.5 Å². The maximum atomic E-state index is 5.63. The van der Waals surface area contributed by atoms with E-state index in [0.717, 1.165) is 43.5 Å². The summed E-state index contributed by atoms with van der Waals surface area (Å²) in [5, 5.41) is 0. The van der Waals surface area contributed by atoms with E-state index >= 15 is 0 Å². The molecule has 1 aliphatic heterocycles. The molecule has 1 fully saturated rings. The summed E-state index contributed by atoms with van der Waals surface area (Å²) in [6.07, 6.45) is 1.03. The summed E-state index contributed by atoms with van der Waals surface area (Å²) >= 11 is 5.50. The van der Waals surface area contributed by atoms with Crippen LogP contribution < -0.4 is 4.74 Å². The number of benzene rings is 1. The van der Waals surface area contributed by atoms with Gasteiger partial charge in [-0.05, 0) is 31.5 Å². The highest BCUT2D eigenvalue weighted by atomic mass is 32.1. The van der Waals surface area contributed by atoms with E-state index in [1.165, 1.54) is 5.56 Å². The normalized spacial score (nSPS) is 15.6. The summed E-state index contributed by atoms with van der Waals surface area (Å²) < 4.78 is 11.0. The fourth-order valence-corrected chi connectivity index (χ4v) is 2.41. The average molecular weight is 279 g/mol. The molecule has 4 heteroatoms. The van der Waals surface area contributed by atoms with Crippen molar-refractivity contribution in [3.8, 4) is 5.75 Å². The van der Waals surface area contributed by atoms with Crippen LogP contribution >= 0.6 is 12.2 Å². The average Bonchev–Trinajstić information content (AvgIpc) is 2.41. The molecule has 2 rings (SSSR count). The molecule has 1 heterocycles. The summed E-state index contributed by atoms with van der Waals surface area (Å²) in [5.74, 6) is 0.913. The van der Waals surface area contributed by atoms with Gasteiger partial charge < -0.3 is 14.4 Å². The lowest BCUT2D eigenvalue weighted by Gasteiger charge is -2.29. The highest BCUT2D eigenvalue weighted by Gasteiger charge is 2.13.